The van der Waals surface area contributed by atoms with Crippen molar-refractivity contribution in [2.75, 3.05) is 6.61 Å². The highest BCUT2D eigenvalue weighted by Gasteiger charge is 2.30. The molecule has 86 valence electrons. The number of carbonyl (C=O) groups excluding carboxylic acids is 1. The van der Waals surface area contributed by atoms with Crippen molar-refractivity contribution in [2.45, 2.75) is 25.8 Å². The lowest BCUT2D eigenvalue weighted by atomic mass is 10.2. The summed E-state index contributed by atoms with van der Waals surface area (Å²) in [5.74, 6) is -0.435. The SMILES string of the molecule is CCOC(=O)C1CCc2cc(O)cc(=O)n21. The molecule has 16 heavy (non-hydrogen) atoms. The Labute approximate surface area is 92.3 Å². The number of hydrogen-bond acceptors (Lipinski definition) is 4. The van der Waals surface area contributed by atoms with Gasteiger partial charge in [0.25, 0.3) is 5.56 Å². The predicted molar refractivity (Wildman–Crippen MR) is 56.4 cm³/mol. The van der Waals surface area contributed by atoms with Crippen molar-refractivity contribution in [1.29, 1.82) is 0 Å². The first-order valence-electron chi connectivity index (χ1n) is 5.24. The minimum absolute atomic E-state index is 0.0549. The summed E-state index contributed by atoms with van der Waals surface area (Å²) >= 11 is 0. The van der Waals surface area contributed by atoms with Crippen molar-refractivity contribution in [3.8, 4) is 5.75 Å². The Kier molecular flexibility index (Phi) is 2.68. The van der Waals surface area contributed by atoms with E-state index < -0.39 is 6.04 Å². The molecule has 5 heteroatoms. The summed E-state index contributed by atoms with van der Waals surface area (Å²) in [4.78, 5) is 23.2. The second-order valence-corrected chi connectivity index (χ2v) is 3.72. The number of carbonyl (C=O) groups is 1. The Hall–Kier alpha value is -1.78. The highest BCUT2D eigenvalue weighted by atomic mass is 16.5. The number of pyridine rings is 1. The molecule has 1 atom stereocenters. The molecule has 1 N–H and O–H groups in total. The van der Waals surface area contributed by atoms with Crippen LogP contribution in [0.25, 0.3) is 0 Å². The molecule has 0 fully saturated rings. The summed E-state index contributed by atoms with van der Waals surface area (Å²) in [5.41, 5.74) is 0.327. The molecular formula is C11H13NO4. The quantitative estimate of drug-likeness (QED) is 0.745. The number of fused-ring (bicyclic) bond motifs is 1. The number of rotatable bonds is 2. The number of hydrogen-bond donors (Lipinski definition) is 1. The van der Waals surface area contributed by atoms with Gasteiger partial charge in [0.2, 0.25) is 0 Å². The Morgan fingerprint density at radius 2 is 2.38 bits per heavy atom. The summed E-state index contributed by atoms with van der Waals surface area (Å²) in [6, 6.07) is 2.09. The van der Waals surface area contributed by atoms with Gasteiger partial charge < -0.3 is 9.84 Å². The molecule has 0 spiro atoms. The van der Waals surface area contributed by atoms with Crippen LogP contribution >= 0.6 is 0 Å². The van der Waals surface area contributed by atoms with Crippen LogP contribution in [0.5, 0.6) is 5.75 Å². The van der Waals surface area contributed by atoms with Crippen molar-refractivity contribution < 1.29 is 14.6 Å². The van der Waals surface area contributed by atoms with Crippen molar-refractivity contribution in [1.82, 2.24) is 4.57 Å². The molecule has 0 radical (unpaired) electrons. The summed E-state index contributed by atoms with van der Waals surface area (Å²) in [6.45, 7) is 2.03. The number of aromatic nitrogens is 1. The van der Waals surface area contributed by atoms with E-state index in [9.17, 15) is 14.7 Å². The van der Waals surface area contributed by atoms with Crippen LogP contribution in [0.3, 0.4) is 0 Å². The third-order valence-corrected chi connectivity index (χ3v) is 2.68. The molecule has 2 rings (SSSR count). The normalized spacial score (nSPS) is 18.2. The van der Waals surface area contributed by atoms with Crippen LogP contribution in [0.2, 0.25) is 0 Å². The van der Waals surface area contributed by atoms with Gasteiger partial charge in [-0.2, -0.15) is 0 Å². The summed E-state index contributed by atoms with van der Waals surface area (Å²) in [6.07, 6.45) is 1.16. The molecule has 1 aromatic heterocycles. The minimum atomic E-state index is -0.539. The van der Waals surface area contributed by atoms with Gasteiger partial charge in [0.15, 0.2) is 0 Å². The minimum Gasteiger partial charge on any atom is -0.508 e. The monoisotopic (exact) mass is 223 g/mol. The van der Waals surface area contributed by atoms with E-state index in [1.54, 1.807) is 6.92 Å². The second kappa shape index (κ2) is 4.00. The standard InChI is InChI=1S/C11H13NO4/c1-2-16-11(15)9-4-3-7-5-8(13)6-10(14)12(7)9/h5-6,9,13H,2-4H2,1H3. The fraction of sp³-hybridized carbons (Fsp3) is 0.455. The molecule has 2 heterocycles. The van der Waals surface area contributed by atoms with Gasteiger partial charge in [-0.3, -0.25) is 9.36 Å². The molecule has 0 saturated carbocycles. The smallest absolute Gasteiger partial charge is 0.329 e. The lowest BCUT2D eigenvalue weighted by molar-refractivity contribution is -0.147. The zero-order valence-electron chi connectivity index (χ0n) is 8.97. The van der Waals surface area contributed by atoms with Crippen LogP contribution < -0.4 is 5.56 Å². The van der Waals surface area contributed by atoms with Crippen molar-refractivity contribution in [3.05, 3.63) is 28.2 Å². The molecular weight excluding hydrogens is 210 g/mol. The van der Waals surface area contributed by atoms with Crippen LogP contribution in [-0.4, -0.2) is 22.2 Å². The van der Waals surface area contributed by atoms with Crippen LogP contribution in [0, 0.1) is 0 Å². The van der Waals surface area contributed by atoms with E-state index in [0.29, 0.717) is 25.1 Å². The molecule has 0 saturated heterocycles. The van der Waals surface area contributed by atoms with Gasteiger partial charge in [0.05, 0.1) is 6.61 Å². The van der Waals surface area contributed by atoms with Gasteiger partial charge in [0.1, 0.15) is 11.8 Å². The van der Waals surface area contributed by atoms with Crippen LogP contribution in [-0.2, 0) is 16.0 Å². The van der Waals surface area contributed by atoms with E-state index in [1.807, 2.05) is 0 Å². The summed E-state index contributed by atoms with van der Waals surface area (Å²) in [5, 5.41) is 9.28. The van der Waals surface area contributed by atoms with Gasteiger partial charge in [-0.1, -0.05) is 0 Å². The maximum Gasteiger partial charge on any atom is 0.329 e. The third-order valence-electron chi connectivity index (χ3n) is 2.68. The molecule has 1 aliphatic rings. The average molecular weight is 223 g/mol. The lowest BCUT2D eigenvalue weighted by Crippen LogP contribution is -2.28. The highest BCUT2D eigenvalue weighted by molar-refractivity contribution is 5.75. The molecule has 1 aliphatic heterocycles. The molecule has 1 unspecified atom stereocenters. The largest absolute Gasteiger partial charge is 0.508 e. The lowest BCUT2D eigenvalue weighted by Gasteiger charge is -2.12. The van der Waals surface area contributed by atoms with Gasteiger partial charge in [-0.05, 0) is 25.8 Å². The number of aromatic hydroxyl groups is 1. The van der Waals surface area contributed by atoms with Crippen LogP contribution in [0.1, 0.15) is 25.1 Å². The average Bonchev–Trinajstić information content (AvgIpc) is 2.61. The maximum atomic E-state index is 11.6. The summed E-state index contributed by atoms with van der Waals surface area (Å²) < 4.78 is 6.31. The van der Waals surface area contributed by atoms with E-state index in [0.717, 1.165) is 6.07 Å². The van der Waals surface area contributed by atoms with Gasteiger partial charge >= 0.3 is 5.97 Å². The third kappa shape index (κ3) is 1.68. The highest BCUT2D eigenvalue weighted by Crippen LogP contribution is 2.26. The van der Waals surface area contributed by atoms with Crippen LogP contribution in [0.15, 0.2) is 16.9 Å². The zero-order valence-corrected chi connectivity index (χ0v) is 8.97. The zero-order chi connectivity index (χ0) is 11.7. The first-order valence-corrected chi connectivity index (χ1v) is 5.24. The molecule has 1 aromatic rings. The molecule has 0 bridgehead atoms. The Bertz CT molecular complexity index is 477. The Morgan fingerprint density at radius 1 is 1.62 bits per heavy atom. The predicted octanol–water partition coefficient (Wildman–Crippen LogP) is 0.604. The van der Waals surface area contributed by atoms with E-state index in [4.69, 9.17) is 4.74 Å². The topological polar surface area (TPSA) is 68.5 Å². The van der Waals surface area contributed by atoms with Gasteiger partial charge in [-0.15, -0.1) is 0 Å². The van der Waals surface area contributed by atoms with Crippen molar-refractivity contribution >= 4 is 5.97 Å². The van der Waals surface area contributed by atoms with E-state index in [2.05, 4.69) is 0 Å². The van der Waals surface area contributed by atoms with Crippen LogP contribution in [0.4, 0.5) is 0 Å². The van der Waals surface area contributed by atoms with Crippen molar-refractivity contribution in [3.63, 3.8) is 0 Å². The fourth-order valence-electron chi connectivity index (χ4n) is 2.04. The Morgan fingerprint density at radius 3 is 3.06 bits per heavy atom. The van der Waals surface area contributed by atoms with E-state index in [1.165, 1.54) is 10.6 Å². The molecule has 5 nitrogen and oxygen atoms in total. The van der Waals surface area contributed by atoms with E-state index in [-0.39, 0.29) is 17.3 Å². The number of esters is 1. The molecule has 0 aliphatic carbocycles. The maximum absolute atomic E-state index is 11.6. The first kappa shape index (κ1) is 10.7. The summed E-state index contributed by atoms with van der Waals surface area (Å²) in [7, 11) is 0. The van der Waals surface area contributed by atoms with E-state index >= 15 is 0 Å². The molecule has 0 aromatic carbocycles. The van der Waals surface area contributed by atoms with Gasteiger partial charge in [0, 0.05) is 11.8 Å². The second-order valence-electron chi connectivity index (χ2n) is 3.72. The number of aryl methyl sites for hydroxylation is 1. The Balaban J connectivity index is 2.40. The fourth-order valence-corrected chi connectivity index (χ4v) is 2.04. The number of nitrogens with zero attached hydrogens (tertiary/aromatic N) is 1. The van der Waals surface area contributed by atoms with Crippen molar-refractivity contribution in [2.24, 2.45) is 0 Å². The number of ether oxygens (including phenoxy) is 1. The van der Waals surface area contributed by atoms with Gasteiger partial charge in [-0.25, -0.2) is 4.79 Å². The first-order chi connectivity index (χ1) is 7.63. The molecule has 0 amide bonds.